The van der Waals surface area contributed by atoms with Gasteiger partial charge in [-0.3, -0.25) is 4.79 Å². The van der Waals surface area contributed by atoms with E-state index < -0.39 is 0 Å². The van der Waals surface area contributed by atoms with Crippen LogP contribution in [0.1, 0.15) is 35.8 Å². The minimum atomic E-state index is -0.350. The third kappa shape index (κ3) is 3.54. The first-order valence-electron chi connectivity index (χ1n) is 6.67. The van der Waals surface area contributed by atoms with Crippen LogP contribution in [0.5, 0.6) is 0 Å². The molecule has 1 heterocycles. The molecule has 20 heavy (non-hydrogen) atoms. The molecule has 0 saturated heterocycles. The molecule has 0 radical (unpaired) electrons. The predicted molar refractivity (Wildman–Crippen MR) is 79.5 cm³/mol. The van der Waals surface area contributed by atoms with Gasteiger partial charge < -0.3 is 11.1 Å². The van der Waals surface area contributed by atoms with Gasteiger partial charge in [0.1, 0.15) is 0 Å². The number of nitrogens with two attached hydrogens (primary N) is 1. The second-order valence-electron chi connectivity index (χ2n) is 4.54. The molecule has 2 aromatic rings. The Hall–Kier alpha value is -2.43. The Morgan fingerprint density at radius 2 is 1.90 bits per heavy atom. The molecule has 0 aliphatic carbocycles. The second-order valence-corrected chi connectivity index (χ2v) is 4.54. The zero-order valence-corrected chi connectivity index (χ0v) is 11.5. The molecular formula is C15H18N4O. The fraction of sp³-hybridized carbons (Fsp3) is 0.267. The van der Waals surface area contributed by atoms with Crippen LogP contribution in [0.2, 0.25) is 0 Å². The maximum Gasteiger partial charge on any atom is 0.278 e. The Balaban J connectivity index is 2.03. The van der Waals surface area contributed by atoms with E-state index in [-0.39, 0.29) is 17.4 Å². The SMILES string of the molecule is CCCCc1ccc(NC(=O)c2nccnc2N)cc1. The number of nitrogens with one attached hydrogen (secondary N) is 1. The maximum atomic E-state index is 12.0. The van der Waals surface area contributed by atoms with Crippen molar-refractivity contribution < 1.29 is 4.79 Å². The smallest absolute Gasteiger partial charge is 0.278 e. The topological polar surface area (TPSA) is 80.9 Å². The maximum absolute atomic E-state index is 12.0. The first-order valence-corrected chi connectivity index (χ1v) is 6.67. The Morgan fingerprint density at radius 3 is 2.55 bits per heavy atom. The molecule has 5 nitrogen and oxygen atoms in total. The summed E-state index contributed by atoms with van der Waals surface area (Å²) in [5, 5.41) is 2.76. The standard InChI is InChI=1S/C15H18N4O/c1-2-3-4-11-5-7-12(8-6-11)19-15(20)13-14(16)18-10-9-17-13/h5-10H,2-4H2,1H3,(H2,16,18)(H,19,20). The fourth-order valence-electron chi connectivity index (χ4n) is 1.85. The average molecular weight is 270 g/mol. The van der Waals surface area contributed by atoms with Crippen LogP contribution in [0.15, 0.2) is 36.7 Å². The molecule has 3 N–H and O–H groups in total. The van der Waals surface area contributed by atoms with Crippen molar-refractivity contribution in [3.8, 4) is 0 Å². The summed E-state index contributed by atoms with van der Waals surface area (Å²) in [5.74, 6) is -0.221. The number of rotatable bonds is 5. The number of aryl methyl sites for hydroxylation is 1. The van der Waals surface area contributed by atoms with Gasteiger partial charge in [0.25, 0.3) is 5.91 Å². The molecule has 1 aromatic heterocycles. The molecule has 0 unspecified atom stereocenters. The highest BCUT2D eigenvalue weighted by Crippen LogP contribution is 2.13. The van der Waals surface area contributed by atoms with E-state index in [1.165, 1.54) is 30.8 Å². The summed E-state index contributed by atoms with van der Waals surface area (Å²) in [7, 11) is 0. The van der Waals surface area contributed by atoms with Gasteiger partial charge in [0.2, 0.25) is 0 Å². The van der Waals surface area contributed by atoms with Crippen LogP contribution in [0.3, 0.4) is 0 Å². The lowest BCUT2D eigenvalue weighted by Crippen LogP contribution is -2.16. The van der Waals surface area contributed by atoms with Gasteiger partial charge >= 0.3 is 0 Å². The van der Waals surface area contributed by atoms with E-state index in [0.717, 1.165) is 12.1 Å². The first-order chi connectivity index (χ1) is 9.70. The van der Waals surface area contributed by atoms with Gasteiger partial charge in [0.05, 0.1) is 0 Å². The van der Waals surface area contributed by atoms with Crippen LogP contribution in [-0.2, 0) is 6.42 Å². The van der Waals surface area contributed by atoms with E-state index in [4.69, 9.17) is 5.73 Å². The highest BCUT2D eigenvalue weighted by molar-refractivity contribution is 6.05. The van der Waals surface area contributed by atoms with Gasteiger partial charge in [-0.2, -0.15) is 0 Å². The van der Waals surface area contributed by atoms with Gasteiger partial charge in [0.15, 0.2) is 11.5 Å². The van der Waals surface area contributed by atoms with Crippen LogP contribution in [0.25, 0.3) is 0 Å². The molecule has 2 rings (SSSR count). The van der Waals surface area contributed by atoms with Crippen molar-refractivity contribution in [1.82, 2.24) is 9.97 Å². The van der Waals surface area contributed by atoms with Gasteiger partial charge in [0, 0.05) is 18.1 Å². The molecule has 1 aromatic carbocycles. The Morgan fingerprint density at radius 1 is 1.20 bits per heavy atom. The van der Waals surface area contributed by atoms with Crippen LogP contribution in [-0.4, -0.2) is 15.9 Å². The number of amides is 1. The summed E-state index contributed by atoms with van der Waals surface area (Å²) in [6.07, 6.45) is 6.29. The van der Waals surface area contributed by atoms with E-state index in [1.54, 1.807) is 0 Å². The van der Waals surface area contributed by atoms with E-state index in [0.29, 0.717) is 0 Å². The quantitative estimate of drug-likeness (QED) is 0.875. The minimum Gasteiger partial charge on any atom is -0.382 e. The van der Waals surface area contributed by atoms with Gasteiger partial charge in [-0.15, -0.1) is 0 Å². The van der Waals surface area contributed by atoms with Crippen LogP contribution >= 0.6 is 0 Å². The number of unbranched alkanes of at least 4 members (excludes halogenated alkanes) is 1. The molecule has 5 heteroatoms. The molecule has 0 aliphatic heterocycles. The lowest BCUT2D eigenvalue weighted by molar-refractivity contribution is 0.102. The van der Waals surface area contributed by atoms with Crippen molar-refractivity contribution in [2.24, 2.45) is 0 Å². The number of benzene rings is 1. The van der Waals surface area contributed by atoms with E-state index in [9.17, 15) is 4.79 Å². The van der Waals surface area contributed by atoms with Gasteiger partial charge in [-0.05, 0) is 30.5 Å². The number of nitrogen functional groups attached to an aromatic ring is 1. The molecule has 0 fully saturated rings. The molecular weight excluding hydrogens is 252 g/mol. The molecule has 0 saturated carbocycles. The number of carbonyl (C=O) groups excluding carboxylic acids is 1. The number of carbonyl (C=O) groups is 1. The highest BCUT2D eigenvalue weighted by atomic mass is 16.1. The number of anilines is 2. The van der Waals surface area contributed by atoms with E-state index in [1.807, 2.05) is 24.3 Å². The van der Waals surface area contributed by atoms with Crippen molar-refractivity contribution in [2.75, 3.05) is 11.1 Å². The highest BCUT2D eigenvalue weighted by Gasteiger charge is 2.11. The number of hydrogen-bond acceptors (Lipinski definition) is 4. The van der Waals surface area contributed by atoms with Crippen molar-refractivity contribution in [2.45, 2.75) is 26.2 Å². The third-order valence-electron chi connectivity index (χ3n) is 2.97. The van der Waals surface area contributed by atoms with Crippen LogP contribution in [0.4, 0.5) is 11.5 Å². The van der Waals surface area contributed by atoms with Gasteiger partial charge in [-0.25, -0.2) is 9.97 Å². The Bertz CT molecular complexity index is 581. The number of aromatic nitrogens is 2. The van der Waals surface area contributed by atoms with Gasteiger partial charge in [-0.1, -0.05) is 25.5 Å². The van der Waals surface area contributed by atoms with Crippen molar-refractivity contribution in [3.63, 3.8) is 0 Å². The first kappa shape index (κ1) is 14.0. The lowest BCUT2D eigenvalue weighted by Gasteiger charge is -2.07. The molecule has 0 bridgehead atoms. The van der Waals surface area contributed by atoms with Crippen molar-refractivity contribution in [3.05, 3.63) is 47.9 Å². The summed E-state index contributed by atoms with van der Waals surface area (Å²) < 4.78 is 0. The molecule has 0 spiro atoms. The molecule has 0 atom stereocenters. The second kappa shape index (κ2) is 6.65. The summed E-state index contributed by atoms with van der Waals surface area (Å²) in [6, 6.07) is 7.81. The summed E-state index contributed by atoms with van der Waals surface area (Å²) in [4.78, 5) is 19.8. The Kier molecular flexibility index (Phi) is 4.65. The lowest BCUT2D eigenvalue weighted by atomic mass is 10.1. The van der Waals surface area contributed by atoms with Crippen LogP contribution in [0, 0.1) is 0 Å². The van der Waals surface area contributed by atoms with Crippen LogP contribution < -0.4 is 11.1 Å². The summed E-state index contributed by atoms with van der Waals surface area (Å²) >= 11 is 0. The average Bonchev–Trinajstić information content (AvgIpc) is 2.47. The normalized spacial score (nSPS) is 10.2. The zero-order valence-electron chi connectivity index (χ0n) is 11.5. The Labute approximate surface area is 118 Å². The third-order valence-corrected chi connectivity index (χ3v) is 2.97. The van der Waals surface area contributed by atoms with Crippen molar-refractivity contribution >= 4 is 17.4 Å². The summed E-state index contributed by atoms with van der Waals surface area (Å²) in [6.45, 7) is 2.17. The number of nitrogens with zero attached hydrogens (tertiary/aromatic N) is 2. The minimum absolute atomic E-state index is 0.129. The summed E-state index contributed by atoms with van der Waals surface area (Å²) in [5.41, 5.74) is 7.75. The van der Waals surface area contributed by atoms with E-state index in [2.05, 4.69) is 22.2 Å². The monoisotopic (exact) mass is 270 g/mol. The number of hydrogen-bond donors (Lipinski definition) is 2. The van der Waals surface area contributed by atoms with E-state index >= 15 is 0 Å². The molecule has 0 aliphatic rings. The van der Waals surface area contributed by atoms with Crippen molar-refractivity contribution in [1.29, 1.82) is 0 Å². The zero-order chi connectivity index (χ0) is 14.4. The molecule has 1 amide bonds. The predicted octanol–water partition coefficient (Wildman–Crippen LogP) is 2.65. The fourth-order valence-corrected chi connectivity index (χ4v) is 1.85. The largest absolute Gasteiger partial charge is 0.382 e. The molecule has 104 valence electrons.